The summed E-state index contributed by atoms with van der Waals surface area (Å²) in [6.07, 6.45) is 13.3. The lowest BCUT2D eigenvalue weighted by Gasteiger charge is -2.18. The van der Waals surface area contributed by atoms with E-state index in [0.717, 1.165) is 12.7 Å². The summed E-state index contributed by atoms with van der Waals surface area (Å²) in [5.41, 5.74) is 7.13. The Labute approximate surface area is 167 Å². The third kappa shape index (κ3) is 6.27. The topological polar surface area (TPSA) is 0 Å². The van der Waals surface area contributed by atoms with Crippen LogP contribution in [0, 0.1) is 0 Å². The lowest BCUT2D eigenvalue weighted by atomic mass is 9.38. The average Bonchev–Trinajstić information content (AvgIpc) is 2.70. The third-order valence-corrected chi connectivity index (χ3v) is 5.37. The van der Waals surface area contributed by atoms with Crippen LogP contribution in [0.4, 0.5) is 0 Å². The van der Waals surface area contributed by atoms with Crippen molar-refractivity contribution in [3.63, 3.8) is 0 Å². The maximum atomic E-state index is 4.02. The van der Waals surface area contributed by atoms with Crippen LogP contribution in [0.2, 0.25) is 6.32 Å². The van der Waals surface area contributed by atoms with Gasteiger partial charge in [0, 0.05) is 0 Å². The van der Waals surface area contributed by atoms with Gasteiger partial charge in [0.2, 0.25) is 6.71 Å². The minimum Gasteiger partial charge on any atom is -0.104 e. The molecule has 0 aliphatic carbocycles. The van der Waals surface area contributed by atoms with Crippen molar-refractivity contribution in [1.29, 1.82) is 0 Å². The largest absolute Gasteiger partial charge is 0.213 e. The molecule has 0 saturated carbocycles. The van der Waals surface area contributed by atoms with E-state index in [1.807, 2.05) is 6.08 Å². The average molecular weight is 358 g/mol. The highest BCUT2D eigenvalue weighted by Crippen LogP contribution is 2.12. The summed E-state index contributed by atoms with van der Waals surface area (Å²) >= 11 is 0. The zero-order valence-electron chi connectivity index (χ0n) is 17.3. The van der Waals surface area contributed by atoms with Crippen LogP contribution in [0.3, 0.4) is 0 Å². The molecule has 0 nitrogen and oxygen atoms in total. The van der Waals surface area contributed by atoms with Crippen LogP contribution in [0.15, 0.2) is 67.8 Å². The first kappa shape index (κ1) is 21.3. The first-order valence-electron chi connectivity index (χ1n) is 10.7. The summed E-state index contributed by atoms with van der Waals surface area (Å²) in [6.45, 7) is 12.9. The minimum absolute atomic E-state index is 0.373. The van der Waals surface area contributed by atoms with Crippen molar-refractivity contribution >= 4 is 17.6 Å². The SMILES string of the molecule is C=CCB(c1ccc(CCCC)cc1)c1ccc(CCCC)cc1CC=C. The highest BCUT2D eigenvalue weighted by atomic mass is 14.1. The molecule has 0 bridgehead atoms. The molecule has 0 aromatic heterocycles. The Hall–Kier alpha value is -2.02. The van der Waals surface area contributed by atoms with Crippen LogP contribution in [-0.4, -0.2) is 6.71 Å². The molecule has 2 aromatic carbocycles. The smallest absolute Gasteiger partial charge is 0.104 e. The molecule has 0 saturated heterocycles. The fourth-order valence-corrected chi connectivity index (χ4v) is 3.77. The maximum Gasteiger partial charge on any atom is 0.213 e. The Balaban J connectivity index is 2.33. The number of rotatable bonds is 12. The van der Waals surface area contributed by atoms with Crippen molar-refractivity contribution in [1.82, 2.24) is 0 Å². The Morgan fingerprint density at radius 3 is 2.04 bits per heavy atom. The molecule has 0 unspecified atom stereocenters. The van der Waals surface area contributed by atoms with Crippen molar-refractivity contribution in [2.24, 2.45) is 0 Å². The summed E-state index contributed by atoms with van der Waals surface area (Å²) in [5, 5.41) is 0. The molecule has 2 rings (SSSR count). The van der Waals surface area contributed by atoms with E-state index >= 15 is 0 Å². The normalized spacial score (nSPS) is 10.6. The van der Waals surface area contributed by atoms with E-state index in [1.54, 1.807) is 0 Å². The number of benzene rings is 2. The minimum atomic E-state index is 0.373. The first-order valence-corrected chi connectivity index (χ1v) is 10.7. The molecule has 0 aliphatic heterocycles. The molecule has 0 aliphatic rings. The number of aryl methyl sites for hydroxylation is 2. The Kier molecular flexibility index (Phi) is 9.18. The van der Waals surface area contributed by atoms with Gasteiger partial charge in [-0.2, -0.15) is 0 Å². The molecule has 1 heteroatoms. The van der Waals surface area contributed by atoms with Gasteiger partial charge in [0.05, 0.1) is 0 Å². The quantitative estimate of drug-likeness (QED) is 0.328. The van der Waals surface area contributed by atoms with Crippen molar-refractivity contribution in [3.05, 3.63) is 84.5 Å². The Morgan fingerprint density at radius 1 is 0.815 bits per heavy atom. The van der Waals surface area contributed by atoms with Gasteiger partial charge in [-0.25, -0.2) is 0 Å². The molecular weight excluding hydrogens is 323 g/mol. The number of allylic oxidation sites excluding steroid dienone is 2. The lowest BCUT2D eigenvalue weighted by Crippen LogP contribution is -2.43. The van der Waals surface area contributed by atoms with Crippen molar-refractivity contribution in [2.75, 3.05) is 0 Å². The number of hydrogen-bond acceptors (Lipinski definition) is 0. The van der Waals surface area contributed by atoms with Crippen LogP contribution in [0.1, 0.15) is 56.2 Å². The summed E-state index contributed by atoms with van der Waals surface area (Å²) in [5.74, 6) is 0. The van der Waals surface area contributed by atoms with Crippen LogP contribution >= 0.6 is 0 Å². The third-order valence-electron chi connectivity index (χ3n) is 5.37. The fraction of sp³-hybridized carbons (Fsp3) is 0.385. The molecule has 0 atom stereocenters. The molecule has 0 radical (unpaired) electrons. The van der Waals surface area contributed by atoms with E-state index in [-0.39, 0.29) is 0 Å². The second kappa shape index (κ2) is 11.6. The van der Waals surface area contributed by atoms with Crippen LogP contribution in [-0.2, 0) is 19.3 Å². The van der Waals surface area contributed by atoms with Gasteiger partial charge in [-0.05, 0) is 55.1 Å². The Bertz CT molecular complexity index is 711. The van der Waals surface area contributed by atoms with E-state index in [2.05, 4.69) is 75.5 Å². The highest BCUT2D eigenvalue weighted by molar-refractivity contribution is 6.85. The van der Waals surface area contributed by atoms with Crippen LogP contribution in [0.25, 0.3) is 0 Å². The molecule has 27 heavy (non-hydrogen) atoms. The molecule has 0 fully saturated rings. The molecule has 142 valence electrons. The highest BCUT2D eigenvalue weighted by Gasteiger charge is 2.20. The Morgan fingerprint density at radius 2 is 1.44 bits per heavy atom. The lowest BCUT2D eigenvalue weighted by molar-refractivity contribution is 0.794. The maximum absolute atomic E-state index is 4.02. The summed E-state index contributed by atoms with van der Waals surface area (Å²) in [4.78, 5) is 0. The van der Waals surface area contributed by atoms with Gasteiger partial charge in [0.25, 0.3) is 0 Å². The van der Waals surface area contributed by atoms with Crippen molar-refractivity contribution in [2.45, 2.75) is 65.1 Å². The second-order valence-corrected chi connectivity index (χ2v) is 7.55. The standard InChI is InChI=1S/C26H35B/c1-5-9-12-22-14-17-25(18-15-22)27(20-8-4)26-19-16-23(13-10-6-2)21-24(26)11-7-3/h7-8,14-19,21H,3-6,9-13,20H2,1-2H3. The predicted octanol–water partition coefficient (Wildman–Crippen LogP) is 5.90. The summed E-state index contributed by atoms with van der Waals surface area (Å²) in [7, 11) is 0. The number of unbranched alkanes of at least 4 members (excludes halogenated alkanes) is 2. The molecule has 0 heterocycles. The molecule has 0 amide bonds. The van der Waals surface area contributed by atoms with Crippen LogP contribution < -0.4 is 10.9 Å². The van der Waals surface area contributed by atoms with Gasteiger partial charge in [-0.15, -0.1) is 13.2 Å². The van der Waals surface area contributed by atoms with E-state index in [1.165, 1.54) is 66.1 Å². The first-order chi connectivity index (χ1) is 13.2. The van der Waals surface area contributed by atoms with E-state index in [0.29, 0.717) is 6.71 Å². The van der Waals surface area contributed by atoms with Gasteiger partial charge in [0.1, 0.15) is 0 Å². The second-order valence-electron chi connectivity index (χ2n) is 7.55. The van der Waals surface area contributed by atoms with Crippen LogP contribution in [0.5, 0.6) is 0 Å². The van der Waals surface area contributed by atoms with Gasteiger partial charge in [0.15, 0.2) is 0 Å². The zero-order valence-corrected chi connectivity index (χ0v) is 17.3. The molecule has 0 N–H and O–H groups in total. The van der Waals surface area contributed by atoms with Crippen molar-refractivity contribution < 1.29 is 0 Å². The van der Waals surface area contributed by atoms with E-state index in [4.69, 9.17) is 0 Å². The molecule has 0 spiro atoms. The van der Waals surface area contributed by atoms with E-state index in [9.17, 15) is 0 Å². The fourth-order valence-electron chi connectivity index (χ4n) is 3.77. The zero-order chi connectivity index (χ0) is 19.5. The van der Waals surface area contributed by atoms with Gasteiger partial charge >= 0.3 is 0 Å². The summed E-state index contributed by atoms with van der Waals surface area (Å²) in [6, 6.07) is 16.3. The van der Waals surface area contributed by atoms with Gasteiger partial charge in [-0.3, -0.25) is 0 Å². The predicted molar refractivity (Wildman–Crippen MR) is 124 cm³/mol. The van der Waals surface area contributed by atoms with Gasteiger partial charge in [-0.1, -0.05) is 92.2 Å². The van der Waals surface area contributed by atoms with Crippen molar-refractivity contribution in [3.8, 4) is 0 Å². The van der Waals surface area contributed by atoms with E-state index < -0.39 is 0 Å². The number of hydrogen-bond donors (Lipinski definition) is 0. The van der Waals surface area contributed by atoms with Gasteiger partial charge < -0.3 is 0 Å². The monoisotopic (exact) mass is 358 g/mol. The molecule has 2 aromatic rings. The summed E-state index contributed by atoms with van der Waals surface area (Å²) < 4.78 is 0. The molecular formula is C26H35B.